The topological polar surface area (TPSA) is 97.1 Å². The summed E-state index contributed by atoms with van der Waals surface area (Å²) in [5.74, 6) is -0.0279. The SMILES string of the molecule is CCCCCCOc1ccc([C@H]2OC[C@H](C(=O)Oc3ccc([N+](=O)[O-])cc3)CO2)cc1. The lowest BCUT2D eigenvalue weighted by Crippen LogP contribution is -2.35. The number of ether oxygens (including phenoxy) is 4. The summed E-state index contributed by atoms with van der Waals surface area (Å²) in [5, 5.41) is 10.7. The number of esters is 1. The summed E-state index contributed by atoms with van der Waals surface area (Å²) < 4.78 is 22.4. The molecular weight excluding hydrogens is 402 g/mol. The lowest BCUT2D eigenvalue weighted by Gasteiger charge is -2.28. The van der Waals surface area contributed by atoms with Crippen LogP contribution in [0.5, 0.6) is 11.5 Å². The average Bonchev–Trinajstić information content (AvgIpc) is 2.80. The van der Waals surface area contributed by atoms with Gasteiger partial charge in [-0.25, -0.2) is 0 Å². The van der Waals surface area contributed by atoms with E-state index in [1.54, 1.807) is 0 Å². The second kappa shape index (κ2) is 11.4. The van der Waals surface area contributed by atoms with E-state index in [1.165, 1.54) is 43.5 Å². The highest BCUT2D eigenvalue weighted by molar-refractivity contribution is 5.75. The number of hydrogen-bond donors (Lipinski definition) is 0. The second-order valence-corrected chi connectivity index (χ2v) is 7.35. The minimum atomic E-state index is -0.572. The van der Waals surface area contributed by atoms with Crippen LogP contribution in [0, 0.1) is 16.0 Å². The summed E-state index contributed by atoms with van der Waals surface area (Å²) in [6.07, 6.45) is 4.09. The smallest absolute Gasteiger partial charge is 0.319 e. The molecule has 166 valence electrons. The number of non-ortho nitro benzene ring substituents is 1. The first-order valence-electron chi connectivity index (χ1n) is 10.5. The van der Waals surface area contributed by atoms with Crippen LogP contribution in [-0.2, 0) is 14.3 Å². The van der Waals surface area contributed by atoms with Gasteiger partial charge >= 0.3 is 5.97 Å². The van der Waals surface area contributed by atoms with Crippen molar-refractivity contribution in [3.8, 4) is 11.5 Å². The average molecular weight is 429 g/mol. The quantitative estimate of drug-likeness (QED) is 0.176. The fraction of sp³-hybridized carbons (Fsp3) is 0.435. The van der Waals surface area contributed by atoms with E-state index in [0.717, 1.165) is 17.7 Å². The zero-order valence-corrected chi connectivity index (χ0v) is 17.5. The Kier molecular flexibility index (Phi) is 8.37. The predicted molar refractivity (Wildman–Crippen MR) is 113 cm³/mol. The van der Waals surface area contributed by atoms with E-state index in [4.69, 9.17) is 18.9 Å². The molecule has 2 aromatic rings. The molecule has 2 aromatic carbocycles. The van der Waals surface area contributed by atoms with E-state index in [1.807, 2.05) is 24.3 Å². The first-order chi connectivity index (χ1) is 15.1. The minimum absolute atomic E-state index is 0.0696. The molecule has 3 rings (SSSR count). The predicted octanol–water partition coefficient (Wildman–Crippen LogP) is 4.82. The second-order valence-electron chi connectivity index (χ2n) is 7.35. The first-order valence-corrected chi connectivity index (χ1v) is 10.5. The van der Waals surface area contributed by atoms with Crippen molar-refractivity contribution in [1.82, 2.24) is 0 Å². The highest BCUT2D eigenvalue weighted by Gasteiger charge is 2.30. The third kappa shape index (κ3) is 6.77. The van der Waals surface area contributed by atoms with Crippen molar-refractivity contribution in [1.29, 1.82) is 0 Å². The van der Waals surface area contributed by atoms with Crippen molar-refractivity contribution >= 4 is 11.7 Å². The number of nitro groups is 1. The molecule has 0 bridgehead atoms. The number of carbonyl (C=O) groups is 1. The van der Waals surface area contributed by atoms with Gasteiger partial charge in [0, 0.05) is 17.7 Å². The largest absolute Gasteiger partial charge is 0.494 e. The molecule has 0 atom stereocenters. The number of carbonyl (C=O) groups excluding carboxylic acids is 1. The lowest BCUT2D eigenvalue weighted by molar-refractivity contribution is -0.384. The standard InChI is InChI=1S/C23H27NO7/c1-2-3-4-5-14-28-20-10-6-17(7-11-20)23-29-15-18(16-30-23)22(25)31-21-12-8-19(9-13-21)24(26)27/h6-13,18,23H,2-5,14-16H2,1H3/t18-,23-. The molecule has 0 aliphatic carbocycles. The summed E-state index contributed by atoms with van der Waals surface area (Å²) in [5.41, 5.74) is 0.778. The van der Waals surface area contributed by atoms with E-state index >= 15 is 0 Å². The Bertz CT molecular complexity index is 843. The van der Waals surface area contributed by atoms with Crippen molar-refractivity contribution in [2.75, 3.05) is 19.8 Å². The molecule has 0 spiro atoms. The van der Waals surface area contributed by atoms with E-state index in [2.05, 4.69) is 6.92 Å². The number of benzene rings is 2. The van der Waals surface area contributed by atoms with Gasteiger partial charge in [-0.15, -0.1) is 0 Å². The Labute approximate surface area is 181 Å². The van der Waals surface area contributed by atoms with Gasteiger partial charge in [-0.3, -0.25) is 14.9 Å². The maximum absolute atomic E-state index is 12.3. The van der Waals surface area contributed by atoms with E-state index in [0.29, 0.717) is 6.61 Å². The molecule has 8 nitrogen and oxygen atoms in total. The van der Waals surface area contributed by atoms with Gasteiger partial charge in [0.05, 0.1) is 24.7 Å². The normalized spacial score (nSPS) is 18.4. The molecule has 1 saturated heterocycles. The number of unbranched alkanes of at least 4 members (excludes halogenated alkanes) is 3. The molecule has 1 fully saturated rings. The third-order valence-electron chi connectivity index (χ3n) is 4.92. The Hall–Kier alpha value is -2.97. The molecule has 0 amide bonds. The van der Waals surface area contributed by atoms with Crippen LogP contribution in [0.1, 0.15) is 44.5 Å². The maximum Gasteiger partial charge on any atom is 0.319 e. The van der Waals surface area contributed by atoms with Gasteiger partial charge in [0.1, 0.15) is 17.4 Å². The Balaban J connectivity index is 1.43. The highest BCUT2D eigenvalue weighted by Crippen LogP contribution is 2.28. The fourth-order valence-electron chi connectivity index (χ4n) is 3.11. The molecule has 0 N–H and O–H groups in total. The van der Waals surface area contributed by atoms with E-state index in [-0.39, 0.29) is 24.7 Å². The highest BCUT2D eigenvalue weighted by atomic mass is 16.7. The molecule has 0 radical (unpaired) electrons. The molecule has 8 heteroatoms. The minimum Gasteiger partial charge on any atom is -0.494 e. The Morgan fingerprint density at radius 1 is 1.00 bits per heavy atom. The van der Waals surface area contributed by atoms with Gasteiger partial charge < -0.3 is 18.9 Å². The molecule has 31 heavy (non-hydrogen) atoms. The molecule has 0 saturated carbocycles. The first kappa shape index (κ1) is 22.7. The van der Waals surface area contributed by atoms with Gasteiger partial charge in [0.25, 0.3) is 5.69 Å². The zero-order chi connectivity index (χ0) is 22.1. The summed E-state index contributed by atoms with van der Waals surface area (Å²) >= 11 is 0. The fourth-order valence-corrected chi connectivity index (χ4v) is 3.11. The van der Waals surface area contributed by atoms with Crippen LogP contribution >= 0.6 is 0 Å². The summed E-state index contributed by atoms with van der Waals surface area (Å²) in [4.78, 5) is 22.5. The Morgan fingerprint density at radius 2 is 1.65 bits per heavy atom. The lowest BCUT2D eigenvalue weighted by atomic mass is 10.1. The van der Waals surface area contributed by atoms with Crippen LogP contribution in [0.3, 0.4) is 0 Å². The number of nitrogens with zero attached hydrogens (tertiary/aromatic N) is 1. The van der Waals surface area contributed by atoms with Gasteiger partial charge in [0.2, 0.25) is 0 Å². The van der Waals surface area contributed by atoms with E-state index < -0.39 is 23.1 Å². The van der Waals surface area contributed by atoms with Gasteiger partial charge in [-0.2, -0.15) is 0 Å². The van der Waals surface area contributed by atoms with Crippen molar-refractivity contribution < 1.29 is 28.7 Å². The van der Waals surface area contributed by atoms with E-state index in [9.17, 15) is 14.9 Å². The summed E-state index contributed by atoms with van der Waals surface area (Å²) in [6, 6.07) is 12.9. The molecule has 1 aliphatic rings. The number of nitro benzene ring substituents is 1. The van der Waals surface area contributed by atoms with Crippen LogP contribution < -0.4 is 9.47 Å². The Morgan fingerprint density at radius 3 is 2.26 bits per heavy atom. The summed E-state index contributed by atoms with van der Waals surface area (Å²) in [6.45, 7) is 3.20. The van der Waals surface area contributed by atoms with Crippen molar-refractivity contribution in [2.24, 2.45) is 5.92 Å². The van der Waals surface area contributed by atoms with Crippen molar-refractivity contribution in [3.63, 3.8) is 0 Å². The molecular formula is C23H27NO7. The zero-order valence-electron chi connectivity index (χ0n) is 17.5. The van der Waals surface area contributed by atoms with Crippen LogP contribution in [0.2, 0.25) is 0 Å². The van der Waals surface area contributed by atoms with Gasteiger partial charge in [-0.1, -0.05) is 38.3 Å². The van der Waals surface area contributed by atoms with Crippen LogP contribution in [0.15, 0.2) is 48.5 Å². The van der Waals surface area contributed by atoms with Crippen LogP contribution in [0.4, 0.5) is 5.69 Å². The summed E-state index contributed by atoms with van der Waals surface area (Å²) in [7, 11) is 0. The molecule has 0 aromatic heterocycles. The molecule has 0 unspecified atom stereocenters. The molecule has 1 aliphatic heterocycles. The number of rotatable bonds is 10. The van der Waals surface area contributed by atoms with Crippen LogP contribution in [-0.4, -0.2) is 30.7 Å². The van der Waals surface area contributed by atoms with Crippen molar-refractivity contribution in [2.45, 2.75) is 38.9 Å². The monoisotopic (exact) mass is 429 g/mol. The van der Waals surface area contributed by atoms with Crippen LogP contribution in [0.25, 0.3) is 0 Å². The third-order valence-corrected chi connectivity index (χ3v) is 4.92. The van der Waals surface area contributed by atoms with Gasteiger partial charge in [0.15, 0.2) is 6.29 Å². The van der Waals surface area contributed by atoms with Crippen molar-refractivity contribution in [3.05, 3.63) is 64.2 Å². The maximum atomic E-state index is 12.3. The number of hydrogen-bond acceptors (Lipinski definition) is 7. The van der Waals surface area contributed by atoms with Gasteiger partial charge in [-0.05, 0) is 30.7 Å². The molecule has 1 heterocycles.